The summed E-state index contributed by atoms with van der Waals surface area (Å²) in [5.74, 6) is 0.908. The van der Waals surface area contributed by atoms with E-state index in [2.05, 4.69) is 57.9 Å². The van der Waals surface area contributed by atoms with Gasteiger partial charge >= 0.3 is 0 Å². The van der Waals surface area contributed by atoms with Crippen LogP contribution >= 0.6 is 0 Å². The first-order valence-electron chi connectivity index (χ1n) is 21.5. The van der Waals surface area contributed by atoms with E-state index in [0.29, 0.717) is 36.9 Å². The van der Waals surface area contributed by atoms with Crippen molar-refractivity contribution in [2.24, 2.45) is 11.8 Å². The van der Waals surface area contributed by atoms with Crippen molar-refractivity contribution in [1.29, 1.82) is 0 Å². The molecule has 1 unspecified atom stereocenters. The van der Waals surface area contributed by atoms with Crippen molar-refractivity contribution in [3.63, 3.8) is 0 Å². The largest absolute Gasteiger partial charge is 0.374 e. The lowest BCUT2D eigenvalue weighted by Gasteiger charge is -2.45. The fourth-order valence-corrected chi connectivity index (χ4v) is 10.1. The van der Waals surface area contributed by atoms with E-state index in [4.69, 9.17) is 9.72 Å². The number of benzene rings is 1. The average molecular weight is 827 g/mol. The number of aromatic nitrogens is 5. The van der Waals surface area contributed by atoms with Gasteiger partial charge in [0.2, 0.25) is 11.8 Å². The van der Waals surface area contributed by atoms with Gasteiger partial charge < -0.3 is 35.0 Å². The normalized spacial score (nSPS) is 26.6. The highest BCUT2D eigenvalue weighted by Gasteiger charge is 2.40. The van der Waals surface area contributed by atoms with Crippen LogP contribution in [0, 0.1) is 11.8 Å². The Balaban J connectivity index is 0.663. The lowest BCUT2D eigenvalue weighted by molar-refractivity contribution is -0.133. The van der Waals surface area contributed by atoms with Crippen molar-refractivity contribution in [1.82, 2.24) is 39.5 Å². The summed E-state index contributed by atoms with van der Waals surface area (Å²) in [6.45, 7) is 9.84. The molecule has 318 valence electrons. The average Bonchev–Trinajstić information content (AvgIpc) is 4.06. The third-order valence-electron chi connectivity index (χ3n) is 13.5. The molecular formula is C42H52F2N12O4. The molecule has 1 saturated carbocycles. The molecule has 3 atom stereocenters. The SMILES string of the molecule is O=C1CCC(Nc2ccc(N3CC(CN4CCN(CC5CCC(n6cc(NC(=O)c7cnn8ccc(N9C[C@H]%10C[C@@H]9CO%10)nc78)c(C(F)F)n6)CC5)CC4)C3)cc2)C(=O)N1. The summed E-state index contributed by atoms with van der Waals surface area (Å²) in [6.07, 6.45) is 7.63. The zero-order valence-corrected chi connectivity index (χ0v) is 33.6. The Labute approximate surface area is 346 Å². The number of fused-ring (bicyclic) bond motifs is 3. The van der Waals surface area contributed by atoms with Crippen LogP contribution < -0.4 is 25.8 Å². The molecule has 0 spiro atoms. The van der Waals surface area contributed by atoms with Crippen LogP contribution in [0.2, 0.25) is 0 Å². The third-order valence-corrected chi connectivity index (χ3v) is 13.5. The molecule has 10 rings (SSSR count). The zero-order valence-electron chi connectivity index (χ0n) is 33.6. The van der Waals surface area contributed by atoms with E-state index in [1.165, 1.54) is 16.4 Å². The Hall–Kier alpha value is -5.20. The maximum Gasteiger partial charge on any atom is 0.284 e. The number of anilines is 4. The number of hydrogen-bond acceptors (Lipinski definition) is 12. The molecule has 3 amide bonds. The second-order valence-electron chi connectivity index (χ2n) is 17.5. The predicted octanol–water partition coefficient (Wildman–Crippen LogP) is 3.80. The Morgan fingerprint density at radius 2 is 1.67 bits per heavy atom. The molecule has 6 aliphatic rings. The molecule has 1 aromatic carbocycles. The summed E-state index contributed by atoms with van der Waals surface area (Å²) >= 11 is 0. The molecule has 0 radical (unpaired) electrons. The summed E-state index contributed by atoms with van der Waals surface area (Å²) in [5.41, 5.74) is 2.23. The number of halogens is 2. The molecule has 5 saturated heterocycles. The van der Waals surface area contributed by atoms with E-state index >= 15 is 0 Å². The topological polar surface area (TPSA) is 158 Å². The van der Waals surface area contributed by atoms with Crippen molar-refractivity contribution in [2.45, 2.75) is 75.6 Å². The molecule has 5 aliphatic heterocycles. The van der Waals surface area contributed by atoms with E-state index in [1.807, 2.05) is 18.2 Å². The maximum atomic E-state index is 14.3. The second-order valence-corrected chi connectivity index (χ2v) is 17.5. The molecule has 16 nitrogen and oxygen atoms in total. The fraction of sp³-hybridized carbons (Fsp3) is 0.571. The van der Waals surface area contributed by atoms with E-state index < -0.39 is 18.0 Å². The Kier molecular flexibility index (Phi) is 10.6. The van der Waals surface area contributed by atoms with E-state index in [1.54, 1.807) is 17.1 Å². The number of carbonyl (C=O) groups excluding carboxylic acids is 3. The first kappa shape index (κ1) is 39.0. The third kappa shape index (κ3) is 8.03. The van der Waals surface area contributed by atoms with E-state index in [0.717, 1.165) is 103 Å². The van der Waals surface area contributed by atoms with Crippen LogP contribution in [0.1, 0.15) is 73.5 Å². The molecule has 60 heavy (non-hydrogen) atoms. The van der Waals surface area contributed by atoms with E-state index in [9.17, 15) is 23.2 Å². The highest BCUT2D eigenvalue weighted by molar-refractivity contribution is 6.08. The predicted molar refractivity (Wildman–Crippen MR) is 219 cm³/mol. The van der Waals surface area contributed by atoms with Crippen LogP contribution in [0.5, 0.6) is 0 Å². The first-order chi connectivity index (χ1) is 29.2. The molecule has 3 aromatic heterocycles. The standard InChI is InChI=1S/C42H52F2N12O4/c43-39(44)38-35(47-41(58)33-18-45-55-12-11-36(48-40(33)55)54-23-32-17-31(54)25-60-32)24-56(50-38)30-5-1-26(2-6-30)19-51-13-15-52(16-14-51)20-27-21-53(22-27)29-7-3-28(4-8-29)46-34-9-10-37(57)49-42(34)59/h3-4,7-8,11-12,18,24,26-27,30-32,34,39,46H,1-2,5-6,9-10,13-17,19-23,25H2,(H,47,58)(H,49,57,59)/t26?,30?,31-,32-,34?/m1/s1. The van der Waals surface area contributed by atoms with Gasteiger partial charge in [-0.15, -0.1) is 0 Å². The van der Waals surface area contributed by atoms with Crippen LogP contribution in [0.15, 0.2) is 48.9 Å². The number of nitrogens with one attached hydrogen (secondary N) is 3. The molecule has 4 aromatic rings. The monoisotopic (exact) mass is 826 g/mol. The summed E-state index contributed by atoms with van der Waals surface area (Å²) in [6, 6.07) is 9.93. The van der Waals surface area contributed by atoms with Crippen LogP contribution in [0.4, 0.5) is 31.7 Å². The number of amides is 3. The van der Waals surface area contributed by atoms with Gasteiger partial charge in [-0.05, 0) is 74.8 Å². The summed E-state index contributed by atoms with van der Waals surface area (Å²) in [4.78, 5) is 51.6. The second kappa shape index (κ2) is 16.3. The van der Waals surface area contributed by atoms with Gasteiger partial charge in [0.05, 0.1) is 36.7 Å². The van der Waals surface area contributed by atoms with Crippen molar-refractivity contribution < 1.29 is 27.9 Å². The molecule has 8 heterocycles. The number of carbonyl (C=O) groups is 3. The van der Waals surface area contributed by atoms with Crippen molar-refractivity contribution in [3.8, 4) is 0 Å². The highest BCUT2D eigenvalue weighted by atomic mass is 19.3. The number of rotatable bonds is 12. The molecule has 18 heteroatoms. The minimum Gasteiger partial charge on any atom is -0.374 e. The quantitative estimate of drug-likeness (QED) is 0.178. The number of alkyl halides is 2. The minimum absolute atomic E-state index is 0.00305. The minimum atomic E-state index is -2.84. The van der Waals surface area contributed by atoms with Gasteiger partial charge in [0, 0.05) is 95.0 Å². The van der Waals surface area contributed by atoms with Crippen LogP contribution in [0.3, 0.4) is 0 Å². The van der Waals surface area contributed by atoms with E-state index in [-0.39, 0.29) is 47.3 Å². The van der Waals surface area contributed by atoms with Gasteiger partial charge in [-0.2, -0.15) is 10.2 Å². The van der Waals surface area contributed by atoms with Crippen molar-refractivity contribution >= 4 is 46.2 Å². The molecule has 1 aliphatic carbocycles. The van der Waals surface area contributed by atoms with Gasteiger partial charge in [-0.1, -0.05) is 0 Å². The number of hydrogen-bond donors (Lipinski definition) is 3. The Morgan fingerprint density at radius 1 is 0.917 bits per heavy atom. The highest BCUT2D eigenvalue weighted by Crippen LogP contribution is 2.36. The number of ether oxygens (including phenoxy) is 1. The summed E-state index contributed by atoms with van der Waals surface area (Å²) in [7, 11) is 0. The maximum absolute atomic E-state index is 14.3. The number of morpholine rings is 1. The lowest BCUT2D eigenvalue weighted by Crippen LogP contribution is -2.55. The van der Waals surface area contributed by atoms with Gasteiger partial charge in [0.1, 0.15) is 17.4 Å². The number of imide groups is 1. The van der Waals surface area contributed by atoms with Gasteiger partial charge in [0.25, 0.3) is 12.3 Å². The smallest absolute Gasteiger partial charge is 0.284 e. The number of nitrogens with zero attached hydrogens (tertiary/aromatic N) is 9. The van der Waals surface area contributed by atoms with Gasteiger partial charge in [-0.3, -0.25) is 24.4 Å². The van der Waals surface area contributed by atoms with Crippen molar-refractivity contribution in [3.05, 3.63) is 60.2 Å². The van der Waals surface area contributed by atoms with Gasteiger partial charge in [-0.25, -0.2) is 18.3 Å². The number of piperazine rings is 1. The fourth-order valence-electron chi connectivity index (χ4n) is 10.1. The number of piperidine rings is 1. The molecule has 3 N–H and O–H groups in total. The lowest BCUT2D eigenvalue weighted by atomic mass is 9.85. The van der Waals surface area contributed by atoms with Crippen LogP contribution in [-0.4, -0.2) is 136 Å². The summed E-state index contributed by atoms with van der Waals surface area (Å²) < 4.78 is 37.4. The Morgan fingerprint density at radius 3 is 2.35 bits per heavy atom. The van der Waals surface area contributed by atoms with Crippen LogP contribution in [0.25, 0.3) is 5.65 Å². The zero-order chi connectivity index (χ0) is 40.9. The summed E-state index contributed by atoms with van der Waals surface area (Å²) in [5, 5.41) is 16.9. The Bertz CT molecular complexity index is 2210. The molecule has 2 bridgehead atoms. The van der Waals surface area contributed by atoms with Crippen molar-refractivity contribution in [2.75, 3.05) is 85.9 Å². The molecule has 6 fully saturated rings. The molecular weight excluding hydrogens is 775 g/mol. The van der Waals surface area contributed by atoms with Gasteiger partial charge in [0.15, 0.2) is 11.3 Å². The first-order valence-corrected chi connectivity index (χ1v) is 21.5. The van der Waals surface area contributed by atoms with Crippen LogP contribution in [-0.2, 0) is 14.3 Å².